The molecule has 0 aromatic heterocycles. The minimum absolute atomic E-state index is 0. The molecule has 3 N–H and O–H groups in total. The van der Waals surface area contributed by atoms with Crippen LogP contribution in [0.15, 0.2) is 40.9 Å². The zero-order valence-corrected chi connectivity index (χ0v) is 20.0. The number of rotatable bonds is 9. The molecule has 0 unspecified atom stereocenters. The monoisotopic (exact) mass is 520 g/mol. The predicted octanol–water partition coefficient (Wildman–Crippen LogP) is 3.30. The summed E-state index contributed by atoms with van der Waals surface area (Å²) in [5, 5.41) is 6.66. The Hall–Kier alpha value is -1.13. The summed E-state index contributed by atoms with van der Waals surface area (Å²) in [6.45, 7) is 4.22. The predicted molar refractivity (Wildman–Crippen MR) is 128 cm³/mol. The molecule has 0 heterocycles. The van der Waals surface area contributed by atoms with Gasteiger partial charge in [0.25, 0.3) is 0 Å². The average Bonchev–Trinajstić information content (AvgIpc) is 2.67. The van der Waals surface area contributed by atoms with Crippen LogP contribution in [0.3, 0.4) is 0 Å². The third-order valence-corrected chi connectivity index (χ3v) is 5.88. The molecule has 28 heavy (non-hydrogen) atoms. The molecule has 0 bridgehead atoms. The average molecular weight is 520 g/mol. The number of aliphatic imine (C=N–C) groups is 1. The third kappa shape index (κ3) is 9.38. The second kappa shape index (κ2) is 13.2. The lowest BCUT2D eigenvalue weighted by atomic mass is 9.97. The molecule has 6 nitrogen and oxygen atoms in total. The fourth-order valence-corrected chi connectivity index (χ4v) is 3.86. The second-order valence-electron chi connectivity index (χ2n) is 6.76. The van der Waals surface area contributed by atoms with Crippen LogP contribution in [0.2, 0.25) is 0 Å². The number of nitrogens with zero attached hydrogens (tertiary/aromatic N) is 1. The molecule has 2 rings (SSSR count). The normalized spacial score (nSPS) is 14.8. The van der Waals surface area contributed by atoms with Crippen molar-refractivity contribution in [3.63, 3.8) is 0 Å². The van der Waals surface area contributed by atoms with E-state index in [1.54, 1.807) is 5.57 Å². The highest BCUT2D eigenvalue weighted by Crippen LogP contribution is 2.19. The van der Waals surface area contributed by atoms with Crippen LogP contribution < -0.4 is 15.4 Å². The van der Waals surface area contributed by atoms with E-state index in [0.29, 0.717) is 6.54 Å². The minimum atomic E-state index is -3.27. The molecule has 8 heteroatoms. The van der Waals surface area contributed by atoms with E-state index in [9.17, 15) is 8.42 Å². The van der Waals surface area contributed by atoms with E-state index < -0.39 is 10.0 Å². The summed E-state index contributed by atoms with van der Waals surface area (Å²) in [6.07, 6.45) is 8.48. The van der Waals surface area contributed by atoms with Gasteiger partial charge in [-0.1, -0.05) is 35.9 Å². The van der Waals surface area contributed by atoms with Gasteiger partial charge in [-0.3, -0.25) is 0 Å². The maximum atomic E-state index is 11.7. The molecule has 1 aromatic carbocycles. The molecule has 0 radical (unpaired) electrons. The first kappa shape index (κ1) is 24.9. The van der Waals surface area contributed by atoms with Gasteiger partial charge in [0.1, 0.15) is 0 Å². The summed E-state index contributed by atoms with van der Waals surface area (Å²) in [7, 11) is -1.84. The van der Waals surface area contributed by atoms with Crippen LogP contribution >= 0.6 is 24.0 Å². The van der Waals surface area contributed by atoms with Gasteiger partial charge in [0, 0.05) is 13.1 Å². The molecular formula is C20H33IN4O2S. The molecule has 0 atom stereocenters. The molecule has 0 spiro atoms. The van der Waals surface area contributed by atoms with Crippen molar-refractivity contribution in [2.24, 2.45) is 4.99 Å². The molecule has 1 aliphatic rings. The first-order valence-electron chi connectivity index (χ1n) is 9.71. The van der Waals surface area contributed by atoms with Gasteiger partial charge in [-0.25, -0.2) is 18.1 Å². The Morgan fingerprint density at radius 1 is 1.18 bits per heavy atom. The molecule has 158 valence electrons. The molecular weight excluding hydrogens is 487 g/mol. The molecule has 0 aliphatic heterocycles. The van der Waals surface area contributed by atoms with Gasteiger partial charge in [-0.15, -0.1) is 24.0 Å². The highest BCUT2D eigenvalue weighted by Gasteiger charge is 2.09. The quantitative estimate of drug-likeness (QED) is 0.202. The van der Waals surface area contributed by atoms with Gasteiger partial charge in [0.05, 0.1) is 12.3 Å². The van der Waals surface area contributed by atoms with E-state index in [1.807, 2.05) is 31.2 Å². The molecule has 0 saturated heterocycles. The number of benzene rings is 1. The molecule has 1 aromatic rings. The Morgan fingerprint density at radius 2 is 1.96 bits per heavy atom. The second-order valence-corrected chi connectivity index (χ2v) is 8.69. The Kier molecular flexibility index (Phi) is 11.7. The largest absolute Gasteiger partial charge is 0.357 e. The zero-order chi connectivity index (χ0) is 19.5. The van der Waals surface area contributed by atoms with E-state index in [2.05, 4.69) is 26.4 Å². The number of halogens is 1. The maximum Gasteiger partial charge on any atom is 0.215 e. The lowest BCUT2D eigenvalue weighted by molar-refractivity contribution is 0.587. The Morgan fingerprint density at radius 3 is 2.64 bits per heavy atom. The number of nitrogens with one attached hydrogen (secondary N) is 3. The Balaban J connectivity index is 0.00000392. The highest BCUT2D eigenvalue weighted by molar-refractivity contribution is 14.0. The SMILES string of the molecule is CCNC(=NCc1cccc(CS(=O)(=O)NC)c1)NCCC1=CCCCC1.I. The first-order valence-corrected chi connectivity index (χ1v) is 11.4. The number of guanidine groups is 1. The van der Waals surface area contributed by atoms with E-state index in [4.69, 9.17) is 0 Å². The van der Waals surface area contributed by atoms with Crippen molar-refractivity contribution in [3.05, 3.63) is 47.0 Å². The minimum Gasteiger partial charge on any atom is -0.357 e. The summed E-state index contributed by atoms with van der Waals surface area (Å²) in [5.74, 6) is 0.774. The van der Waals surface area contributed by atoms with Gasteiger partial charge >= 0.3 is 0 Å². The summed E-state index contributed by atoms with van der Waals surface area (Å²) < 4.78 is 25.8. The fraction of sp³-hybridized carbons (Fsp3) is 0.550. The van der Waals surface area contributed by atoms with Crippen LogP contribution in [-0.4, -0.2) is 34.5 Å². The number of sulfonamides is 1. The van der Waals surface area contributed by atoms with Gasteiger partial charge in [0.2, 0.25) is 10.0 Å². The van der Waals surface area contributed by atoms with Crippen molar-refractivity contribution >= 4 is 40.0 Å². The molecule has 0 amide bonds. The molecule has 1 aliphatic carbocycles. The summed E-state index contributed by atoms with van der Waals surface area (Å²) in [5.41, 5.74) is 3.30. The zero-order valence-electron chi connectivity index (χ0n) is 16.8. The van der Waals surface area contributed by atoms with Crippen LogP contribution in [-0.2, 0) is 22.3 Å². The molecule has 0 fully saturated rings. The Labute approximate surface area is 186 Å². The van der Waals surface area contributed by atoms with Crippen LogP contribution in [0.25, 0.3) is 0 Å². The van der Waals surface area contributed by atoms with Gasteiger partial charge < -0.3 is 10.6 Å². The Bertz CT molecular complexity index is 763. The lowest BCUT2D eigenvalue weighted by Gasteiger charge is -2.15. The van der Waals surface area contributed by atoms with E-state index in [1.165, 1.54) is 32.7 Å². The third-order valence-electron chi connectivity index (χ3n) is 4.55. The summed E-state index contributed by atoms with van der Waals surface area (Å²) in [4.78, 5) is 4.63. The summed E-state index contributed by atoms with van der Waals surface area (Å²) in [6, 6.07) is 7.56. The van der Waals surface area contributed by atoms with Crippen LogP contribution in [0, 0.1) is 0 Å². The smallest absolute Gasteiger partial charge is 0.215 e. The van der Waals surface area contributed by atoms with Gasteiger partial charge in [-0.05, 0) is 57.2 Å². The number of allylic oxidation sites excluding steroid dienone is 1. The van der Waals surface area contributed by atoms with Crippen LogP contribution in [0.5, 0.6) is 0 Å². The van der Waals surface area contributed by atoms with Crippen LogP contribution in [0.1, 0.15) is 50.2 Å². The highest BCUT2D eigenvalue weighted by atomic mass is 127. The standard InChI is InChI=1S/C20H32N4O2S.HI/c1-3-22-20(23-13-12-17-8-5-4-6-9-17)24-15-18-10-7-11-19(14-18)16-27(25,26)21-2;/h7-8,10-11,14,21H,3-6,9,12-13,15-16H2,1-2H3,(H2,22,23,24);1H. The summed E-state index contributed by atoms with van der Waals surface area (Å²) >= 11 is 0. The van der Waals surface area contributed by atoms with E-state index >= 15 is 0 Å². The van der Waals surface area contributed by atoms with E-state index in [-0.39, 0.29) is 29.7 Å². The number of hydrogen-bond acceptors (Lipinski definition) is 3. The van der Waals surface area contributed by atoms with Crippen molar-refractivity contribution in [1.29, 1.82) is 0 Å². The van der Waals surface area contributed by atoms with Gasteiger partial charge in [-0.2, -0.15) is 0 Å². The topological polar surface area (TPSA) is 82.6 Å². The lowest BCUT2D eigenvalue weighted by Crippen LogP contribution is -2.37. The van der Waals surface area contributed by atoms with Crippen molar-refractivity contribution in [1.82, 2.24) is 15.4 Å². The first-order chi connectivity index (χ1) is 13.0. The van der Waals surface area contributed by atoms with Crippen molar-refractivity contribution in [2.45, 2.75) is 51.3 Å². The van der Waals surface area contributed by atoms with Crippen LogP contribution in [0.4, 0.5) is 0 Å². The van der Waals surface area contributed by atoms with Crippen molar-refractivity contribution < 1.29 is 8.42 Å². The van der Waals surface area contributed by atoms with Gasteiger partial charge in [0.15, 0.2) is 5.96 Å². The molecule has 0 saturated carbocycles. The van der Waals surface area contributed by atoms with Crippen molar-refractivity contribution in [3.8, 4) is 0 Å². The van der Waals surface area contributed by atoms with Crippen molar-refractivity contribution in [2.75, 3.05) is 20.1 Å². The number of hydrogen-bond donors (Lipinski definition) is 3. The van der Waals surface area contributed by atoms with E-state index in [0.717, 1.165) is 36.6 Å². The fourth-order valence-electron chi connectivity index (χ4n) is 3.09. The maximum absolute atomic E-state index is 11.7.